The van der Waals surface area contributed by atoms with Gasteiger partial charge in [-0.25, -0.2) is 0 Å². The van der Waals surface area contributed by atoms with Gasteiger partial charge in [0.15, 0.2) is 5.78 Å². The third-order valence-electron chi connectivity index (χ3n) is 8.88. The first-order chi connectivity index (χ1) is 12.1. The van der Waals surface area contributed by atoms with Crippen LogP contribution in [0.2, 0.25) is 0 Å². The Morgan fingerprint density at radius 2 is 1.81 bits per heavy atom. The lowest BCUT2D eigenvalue weighted by Crippen LogP contribution is -2.85. The monoisotopic (exact) mass is 364 g/mol. The molecule has 26 heavy (non-hydrogen) atoms. The van der Waals surface area contributed by atoms with E-state index in [0.29, 0.717) is 24.8 Å². The molecule has 144 valence electrons. The van der Waals surface area contributed by atoms with Gasteiger partial charge in [0, 0.05) is 17.3 Å². The summed E-state index contributed by atoms with van der Waals surface area (Å²) < 4.78 is 5.80. The van der Waals surface area contributed by atoms with E-state index in [2.05, 4.69) is 6.58 Å². The van der Waals surface area contributed by atoms with Crippen molar-refractivity contribution in [2.45, 2.75) is 63.6 Å². The second-order valence-electron chi connectivity index (χ2n) is 9.97. The van der Waals surface area contributed by atoms with E-state index >= 15 is 0 Å². The highest BCUT2D eigenvalue weighted by atomic mass is 16.6. The number of aliphatic hydroxyl groups is 4. The van der Waals surface area contributed by atoms with Gasteiger partial charge in [0.05, 0.1) is 18.8 Å². The van der Waals surface area contributed by atoms with Crippen LogP contribution in [0.1, 0.15) is 39.5 Å². The molecule has 6 aliphatic rings. The zero-order chi connectivity index (χ0) is 18.9. The molecule has 4 bridgehead atoms. The minimum atomic E-state index is -2.15. The highest BCUT2D eigenvalue weighted by Gasteiger charge is 2.86. The minimum Gasteiger partial charge on any atom is -0.392 e. The average Bonchev–Trinajstić information content (AvgIpc) is 2.69. The van der Waals surface area contributed by atoms with Crippen molar-refractivity contribution in [1.82, 2.24) is 0 Å². The van der Waals surface area contributed by atoms with Gasteiger partial charge in [-0.15, -0.1) is 0 Å². The number of ether oxygens (including phenoxy) is 1. The Morgan fingerprint density at radius 3 is 2.50 bits per heavy atom. The summed E-state index contributed by atoms with van der Waals surface area (Å²) >= 11 is 0. The summed E-state index contributed by atoms with van der Waals surface area (Å²) in [5.74, 6) is -3.80. The van der Waals surface area contributed by atoms with Gasteiger partial charge in [-0.1, -0.05) is 20.4 Å². The molecule has 0 unspecified atom stereocenters. The van der Waals surface area contributed by atoms with Crippen LogP contribution in [0.5, 0.6) is 0 Å². The number of rotatable bonds is 0. The second-order valence-corrected chi connectivity index (χ2v) is 9.97. The molecule has 2 saturated heterocycles. The number of hydrogen-bond acceptors (Lipinski definition) is 6. The van der Waals surface area contributed by atoms with Crippen LogP contribution < -0.4 is 0 Å². The number of Topliss-reactive ketones (excluding diaryl/α,β-unsaturated/α-hetero) is 1. The molecule has 2 aliphatic heterocycles. The molecule has 4 aliphatic carbocycles. The maximum Gasteiger partial charge on any atom is 0.208 e. The van der Waals surface area contributed by atoms with Crippen molar-refractivity contribution in [3.05, 3.63) is 12.2 Å². The summed E-state index contributed by atoms with van der Waals surface area (Å²) in [6.45, 7) is 8.07. The van der Waals surface area contributed by atoms with E-state index in [1.165, 1.54) is 0 Å². The molecular weight excluding hydrogens is 336 g/mol. The Morgan fingerprint density at radius 1 is 1.12 bits per heavy atom. The fraction of sp³-hybridized carbons (Fsp3) is 0.850. The zero-order valence-corrected chi connectivity index (χ0v) is 15.3. The number of hydrogen-bond donors (Lipinski definition) is 4. The molecule has 0 aromatic heterocycles. The lowest BCUT2D eigenvalue weighted by Gasteiger charge is -2.74. The van der Waals surface area contributed by atoms with Crippen molar-refractivity contribution in [3.63, 3.8) is 0 Å². The minimum absolute atomic E-state index is 0.0966. The van der Waals surface area contributed by atoms with Gasteiger partial charge in [0.2, 0.25) is 5.79 Å². The smallest absolute Gasteiger partial charge is 0.208 e. The third kappa shape index (κ3) is 1.41. The summed E-state index contributed by atoms with van der Waals surface area (Å²) in [5.41, 5.74) is -2.49. The SMILES string of the molecule is C=C1C(=O)[C@]23[C@H](CC[C@H]1[C@@H]2O)[C@]12CO[C@@]3(O)[C@H](O)[C@H]1C(C)(C)CC[C@H]2O. The molecule has 0 aromatic rings. The lowest BCUT2D eigenvalue weighted by molar-refractivity contribution is -0.458. The van der Waals surface area contributed by atoms with Crippen LogP contribution in [-0.2, 0) is 9.53 Å². The number of carbonyl (C=O) groups excluding carboxylic acids is 1. The van der Waals surface area contributed by atoms with E-state index in [4.69, 9.17) is 4.74 Å². The first-order valence-corrected chi connectivity index (χ1v) is 9.71. The Hall–Kier alpha value is -0.790. The maximum absolute atomic E-state index is 13.3. The standard InChI is InChI=1S/C20H28O6/c1-9-10-4-5-11-18-8-26-20(25,19(11,14(9)22)15(10)23)16(24)13(18)17(2,3)7-6-12(18)21/h10-13,15-16,21,23-25H,1,4-8H2,2-3H3/t10-,11-,12-,13+,15+,16-,18+,19-,20+/m1/s1. The molecule has 0 radical (unpaired) electrons. The normalized spacial score (nSPS) is 59.9. The lowest BCUT2D eigenvalue weighted by atomic mass is 9.35. The van der Waals surface area contributed by atoms with Crippen molar-refractivity contribution in [2.75, 3.05) is 6.61 Å². The topological polar surface area (TPSA) is 107 Å². The highest BCUT2D eigenvalue weighted by molar-refractivity contribution is 6.05. The highest BCUT2D eigenvalue weighted by Crippen LogP contribution is 2.76. The summed E-state index contributed by atoms with van der Waals surface area (Å²) in [7, 11) is 0. The molecule has 4 N–H and O–H groups in total. The molecule has 4 saturated carbocycles. The number of ketones is 1. The average molecular weight is 364 g/mol. The summed E-state index contributed by atoms with van der Waals surface area (Å²) in [6.07, 6.45) is -0.747. The predicted molar refractivity (Wildman–Crippen MR) is 90.7 cm³/mol. The van der Waals surface area contributed by atoms with Crippen LogP contribution >= 0.6 is 0 Å². The van der Waals surface area contributed by atoms with Crippen molar-refractivity contribution >= 4 is 5.78 Å². The molecule has 6 fully saturated rings. The third-order valence-corrected chi connectivity index (χ3v) is 8.88. The van der Waals surface area contributed by atoms with Gasteiger partial charge >= 0.3 is 0 Å². The van der Waals surface area contributed by atoms with Crippen LogP contribution in [0, 0.1) is 34.0 Å². The van der Waals surface area contributed by atoms with E-state index < -0.39 is 58.5 Å². The van der Waals surface area contributed by atoms with Crippen LogP contribution in [0.25, 0.3) is 0 Å². The zero-order valence-electron chi connectivity index (χ0n) is 15.3. The predicted octanol–water partition coefficient (Wildman–Crippen LogP) is 0.376. The largest absolute Gasteiger partial charge is 0.392 e. The van der Waals surface area contributed by atoms with Gasteiger partial charge in [0.25, 0.3) is 0 Å². The Labute approximate surface area is 152 Å². The van der Waals surface area contributed by atoms with Crippen molar-refractivity contribution in [3.8, 4) is 0 Å². The first-order valence-electron chi connectivity index (χ1n) is 9.71. The van der Waals surface area contributed by atoms with Crippen molar-refractivity contribution in [1.29, 1.82) is 0 Å². The van der Waals surface area contributed by atoms with Crippen LogP contribution in [0.15, 0.2) is 12.2 Å². The van der Waals surface area contributed by atoms with Crippen molar-refractivity contribution in [2.24, 2.45) is 34.0 Å². The fourth-order valence-corrected chi connectivity index (χ4v) is 7.90. The second kappa shape index (κ2) is 4.61. The first kappa shape index (κ1) is 17.3. The van der Waals surface area contributed by atoms with Gasteiger partial charge in [-0.2, -0.15) is 0 Å². The van der Waals surface area contributed by atoms with Gasteiger partial charge in [-0.05, 0) is 42.6 Å². The van der Waals surface area contributed by atoms with E-state index in [0.717, 1.165) is 6.42 Å². The molecule has 6 heteroatoms. The summed E-state index contributed by atoms with van der Waals surface area (Å²) in [5, 5.41) is 45.1. The van der Waals surface area contributed by atoms with E-state index in [1.807, 2.05) is 13.8 Å². The van der Waals surface area contributed by atoms with Crippen LogP contribution in [0.4, 0.5) is 0 Å². The van der Waals surface area contributed by atoms with E-state index in [9.17, 15) is 25.2 Å². The molecule has 0 aromatic carbocycles. The quantitative estimate of drug-likeness (QED) is 0.463. The van der Waals surface area contributed by atoms with Gasteiger partial charge in [-0.3, -0.25) is 4.79 Å². The Bertz CT molecular complexity index is 717. The summed E-state index contributed by atoms with van der Waals surface area (Å²) in [4.78, 5) is 13.3. The Balaban J connectivity index is 1.81. The molecule has 0 amide bonds. The van der Waals surface area contributed by atoms with E-state index in [1.54, 1.807) is 0 Å². The molecule has 6 rings (SSSR count). The van der Waals surface area contributed by atoms with Crippen LogP contribution in [-0.4, -0.2) is 56.9 Å². The summed E-state index contributed by atoms with van der Waals surface area (Å²) in [6, 6.07) is 0. The molecule has 9 atom stereocenters. The molecule has 6 nitrogen and oxygen atoms in total. The Kier molecular flexibility index (Phi) is 3.07. The molecule has 2 heterocycles. The number of aliphatic hydroxyl groups excluding tert-OH is 3. The van der Waals surface area contributed by atoms with Crippen molar-refractivity contribution < 1.29 is 30.0 Å². The van der Waals surface area contributed by atoms with Gasteiger partial charge in [0.1, 0.15) is 11.5 Å². The van der Waals surface area contributed by atoms with E-state index in [-0.39, 0.29) is 12.0 Å². The van der Waals surface area contributed by atoms with Crippen LogP contribution in [0.3, 0.4) is 0 Å². The maximum atomic E-state index is 13.3. The number of fused-ring (bicyclic) bond motifs is 2. The fourth-order valence-electron chi connectivity index (χ4n) is 7.90. The van der Waals surface area contributed by atoms with Gasteiger partial charge < -0.3 is 25.2 Å². The number of carbonyl (C=O) groups is 1. The molecular formula is C20H28O6. The molecule has 2 spiro atoms.